The van der Waals surface area contributed by atoms with E-state index in [1.165, 1.54) is 89.9 Å². The van der Waals surface area contributed by atoms with E-state index >= 15 is 0 Å². The van der Waals surface area contributed by atoms with Crippen molar-refractivity contribution in [3.05, 3.63) is 36.5 Å². The lowest BCUT2D eigenvalue weighted by Gasteiger charge is -2.20. The van der Waals surface area contributed by atoms with Gasteiger partial charge in [0.05, 0.1) is 13.2 Å². The quantitative estimate of drug-likeness (QED) is 0.0280. The van der Waals surface area contributed by atoms with Crippen LogP contribution in [-0.4, -0.2) is 68.3 Å². The molecule has 0 amide bonds. The van der Waals surface area contributed by atoms with Crippen molar-refractivity contribution in [2.45, 2.75) is 200 Å². The SMILES string of the molecule is CCCCC/C=C\C/C=C\CCCCCCCC(=O)OCC(COP(=O)(O)OCCN(C)C)OC(=O)CCCCCCCCC/C=C\CCCCCCCC. The van der Waals surface area contributed by atoms with Gasteiger partial charge in [0.15, 0.2) is 6.10 Å². The van der Waals surface area contributed by atoms with Crippen molar-refractivity contribution in [1.29, 1.82) is 0 Å². The van der Waals surface area contributed by atoms with Crippen molar-refractivity contribution in [1.82, 2.24) is 4.90 Å². The summed E-state index contributed by atoms with van der Waals surface area (Å²) in [7, 11) is -0.719. The van der Waals surface area contributed by atoms with Crippen LogP contribution < -0.4 is 0 Å². The summed E-state index contributed by atoms with van der Waals surface area (Å²) < 4.78 is 33.5. The molecule has 322 valence electrons. The fourth-order valence-electron chi connectivity index (χ4n) is 5.95. The van der Waals surface area contributed by atoms with Gasteiger partial charge in [-0.15, -0.1) is 0 Å². The third-order valence-electron chi connectivity index (χ3n) is 9.42. The molecule has 0 fully saturated rings. The summed E-state index contributed by atoms with van der Waals surface area (Å²) in [5, 5.41) is 0. The van der Waals surface area contributed by atoms with E-state index in [4.69, 9.17) is 18.5 Å². The number of ether oxygens (including phenoxy) is 2. The Bertz CT molecular complexity index is 1010. The van der Waals surface area contributed by atoms with E-state index in [1.807, 2.05) is 19.0 Å². The van der Waals surface area contributed by atoms with E-state index in [0.717, 1.165) is 70.6 Å². The summed E-state index contributed by atoms with van der Waals surface area (Å²) >= 11 is 0. The lowest BCUT2D eigenvalue weighted by molar-refractivity contribution is -0.161. The number of phosphoric acid groups is 1. The summed E-state index contributed by atoms with van der Waals surface area (Å²) in [5.74, 6) is -0.822. The first kappa shape index (κ1) is 53.2. The normalized spacial score (nSPS) is 13.7. The summed E-state index contributed by atoms with van der Waals surface area (Å²) in [6.45, 7) is 4.28. The van der Waals surface area contributed by atoms with Crippen LogP contribution in [0.4, 0.5) is 0 Å². The van der Waals surface area contributed by atoms with Gasteiger partial charge >= 0.3 is 19.8 Å². The highest BCUT2D eigenvalue weighted by Gasteiger charge is 2.26. The summed E-state index contributed by atoms with van der Waals surface area (Å²) in [6.07, 6.45) is 43.2. The molecule has 0 aliphatic heterocycles. The third kappa shape index (κ3) is 41.7. The summed E-state index contributed by atoms with van der Waals surface area (Å²) in [5.41, 5.74) is 0. The van der Waals surface area contributed by atoms with Crippen LogP contribution in [0.2, 0.25) is 0 Å². The molecule has 0 aromatic rings. The Balaban J connectivity index is 4.30. The van der Waals surface area contributed by atoms with Crippen LogP contribution in [0.25, 0.3) is 0 Å². The van der Waals surface area contributed by atoms with Crippen molar-refractivity contribution in [3.63, 3.8) is 0 Å². The van der Waals surface area contributed by atoms with Crippen LogP contribution >= 0.6 is 7.82 Å². The lowest BCUT2D eigenvalue weighted by atomic mass is 10.1. The van der Waals surface area contributed by atoms with E-state index in [2.05, 4.69) is 50.3 Å². The number of carbonyl (C=O) groups excluding carboxylic acids is 2. The second kappa shape index (κ2) is 40.4. The molecule has 0 saturated carbocycles. The molecule has 0 heterocycles. The van der Waals surface area contributed by atoms with Gasteiger partial charge in [-0.1, -0.05) is 147 Å². The van der Waals surface area contributed by atoms with Crippen molar-refractivity contribution >= 4 is 19.8 Å². The average molecular weight is 798 g/mol. The zero-order valence-electron chi connectivity index (χ0n) is 35.9. The minimum Gasteiger partial charge on any atom is -0.462 e. The van der Waals surface area contributed by atoms with Crippen LogP contribution in [0.5, 0.6) is 0 Å². The van der Waals surface area contributed by atoms with Gasteiger partial charge in [0.25, 0.3) is 0 Å². The molecule has 0 aromatic carbocycles. The highest BCUT2D eigenvalue weighted by molar-refractivity contribution is 7.47. The number of rotatable bonds is 41. The molecule has 0 aliphatic carbocycles. The predicted molar refractivity (Wildman–Crippen MR) is 229 cm³/mol. The van der Waals surface area contributed by atoms with Crippen molar-refractivity contribution < 1.29 is 37.6 Å². The van der Waals surface area contributed by atoms with Gasteiger partial charge in [-0.05, 0) is 84.7 Å². The minimum absolute atomic E-state index is 0.00409. The molecule has 0 aliphatic rings. The average Bonchev–Trinajstić information content (AvgIpc) is 3.15. The molecule has 0 radical (unpaired) electrons. The molecule has 2 atom stereocenters. The Labute approximate surface area is 338 Å². The van der Waals surface area contributed by atoms with Gasteiger partial charge in [-0.2, -0.15) is 0 Å². The first-order chi connectivity index (χ1) is 26.7. The fourth-order valence-corrected chi connectivity index (χ4v) is 6.69. The maximum atomic E-state index is 12.7. The number of unbranched alkanes of at least 4 members (excludes halogenated alkanes) is 21. The van der Waals surface area contributed by atoms with Crippen LogP contribution in [0.15, 0.2) is 36.5 Å². The Morgan fingerprint density at radius 2 is 0.982 bits per heavy atom. The van der Waals surface area contributed by atoms with Gasteiger partial charge in [-0.25, -0.2) is 4.57 Å². The van der Waals surface area contributed by atoms with Crippen molar-refractivity contribution in [2.75, 3.05) is 40.5 Å². The number of likely N-dealkylation sites (N-methyl/N-ethyl adjacent to an activating group) is 1. The lowest BCUT2D eigenvalue weighted by Crippen LogP contribution is -2.29. The zero-order valence-corrected chi connectivity index (χ0v) is 36.8. The molecule has 0 aromatic heterocycles. The largest absolute Gasteiger partial charge is 0.472 e. The number of esters is 2. The van der Waals surface area contributed by atoms with Crippen molar-refractivity contribution in [2.24, 2.45) is 0 Å². The van der Waals surface area contributed by atoms with Gasteiger partial charge < -0.3 is 19.3 Å². The van der Waals surface area contributed by atoms with Gasteiger partial charge in [0.2, 0.25) is 0 Å². The molecule has 1 N–H and O–H groups in total. The molecule has 0 bridgehead atoms. The second-order valence-electron chi connectivity index (χ2n) is 15.2. The van der Waals surface area contributed by atoms with Gasteiger partial charge in [-0.3, -0.25) is 18.6 Å². The second-order valence-corrected chi connectivity index (χ2v) is 16.7. The van der Waals surface area contributed by atoms with E-state index in [1.54, 1.807) is 0 Å². The van der Waals surface area contributed by atoms with Crippen LogP contribution in [-0.2, 0) is 32.7 Å². The molecule has 0 spiro atoms. The molecule has 2 unspecified atom stereocenters. The summed E-state index contributed by atoms with van der Waals surface area (Å²) in [4.78, 5) is 37.0. The topological polar surface area (TPSA) is 112 Å². The zero-order chi connectivity index (χ0) is 40.5. The van der Waals surface area contributed by atoms with Crippen LogP contribution in [0.1, 0.15) is 194 Å². The number of carbonyl (C=O) groups is 2. The summed E-state index contributed by atoms with van der Waals surface area (Å²) in [6, 6.07) is 0. The molecular weight excluding hydrogens is 713 g/mol. The van der Waals surface area contributed by atoms with E-state index < -0.39 is 26.5 Å². The standard InChI is InChI=1S/C45H84NO8P/c1-5-7-9-11-13-15-17-19-21-22-24-26-28-30-32-34-36-38-45(48)54-43(42-53-55(49,50)52-40-39-46(3)4)41-51-44(47)37-35-33-31-29-27-25-23-20-18-16-14-12-10-8-6-2/h14,16,19-21,23,43H,5-13,15,17-18,22,24-42H2,1-4H3,(H,49,50)/b16-14-,21-19-,23-20-. The number of nitrogens with zero attached hydrogens (tertiary/aromatic N) is 1. The van der Waals surface area contributed by atoms with Crippen molar-refractivity contribution in [3.8, 4) is 0 Å². The third-order valence-corrected chi connectivity index (χ3v) is 10.4. The number of hydrogen-bond acceptors (Lipinski definition) is 8. The molecule has 0 rings (SSSR count). The maximum Gasteiger partial charge on any atom is 0.472 e. The number of allylic oxidation sites excluding steroid dienone is 6. The fraction of sp³-hybridized carbons (Fsp3) is 0.822. The first-order valence-corrected chi connectivity index (χ1v) is 23.8. The minimum atomic E-state index is -4.36. The van der Waals surface area contributed by atoms with Gasteiger partial charge in [0, 0.05) is 19.4 Å². The van der Waals surface area contributed by atoms with Gasteiger partial charge in [0.1, 0.15) is 6.61 Å². The van der Waals surface area contributed by atoms with E-state index in [0.29, 0.717) is 13.0 Å². The molecule has 0 saturated heterocycles. The highest BCUT2D eigenvalue weighted by atomic mass is 31.2. The number of hydrogen-bond donors (Lipinski definition) is 1. The smallest absolute Gasteiger partial charge is 0.462 e. The van der Waals surface area contributed by atoms with E-state index in [9.17, 15) is 19.0 Å². The Kier molecular flexibility index (Phi) is 39.1. The molecule has 9 nitrogen and oxygen atoms in total. The Morgan fingerprint density at radius 3 is 1.49 bits per heavy atom. The van der Waals surface area contributed by atoms with Crippen LogP contribution in [0.3, 0.4) is 0 Å². The molecule has 55 heavy (non-hydrogen) atoms. The maximum absolute atomic E-state index is 12.7. The Morgan fingerprint density at radius 1 is 0.564 bits per heavy atom. The number of phosphoric ester groups is 1. The first-order valence-electron chi connectivity index (χ1n) is 22.3. The Hall–Kier alpha value is -1.77. The molecule has 10 heteroatoms. The van der Waals surface area contributed by atoms with Crippen LogP contribution in [0, 0.1) is 0 Å². The molecular formula is C45H84NO8P. The monoisotopic (exact) mass is 798 g/mol. The van der Waals surface area contributed by atoms with E-state index in [-0.39, 0.29) is 32.0 Å². The highest BCUT2D eigenvalue weighted by Crippen LogP contribution is 2.43. The predicted octanol–water partition coefficient (Wildman–Crippen LogP) is 12.8.